The summed E-state index contributed by atoms with van der Waals surface area (Å²) in [7, 11) is 2.28. The summed E-state index contributed by atoms with van der Waals surface area (Å²) in [5.41, 5.74) is 2.02. The van der Waals surface area contributed by atoms with E-state index >= 15 is 0 Å². The van der Waals surface area contributed by atoms with Crippen molar-refractivity contribution in [3.8, 4) is 0 Å². The van der Waals surface area contributed by atoms with Gasteiger partial charge in [-0.05, 0) is 123 Å². The van der Waals surface area contributed by atoms with Gasteiger partial charge in [-0.2, -0.15) is 0 Å². The third kappa shape index (κ3) is 4.11. The Morgan fingerprint density at radius 1 is 0.667 bits per heavy atom. The number of likely N-dealkylation sites (tertiary alicyclic amines) is 4. The second-order valence-electron chi connectivity index (χ2n) is 13.4. The molecule has 172 valence electrons. The molecule has 2 spiro atoms. The molecule has 0 unspecified atom stereocenters. The largest absolute Gasteiger partial charge is 0.306 e. The molecule has 30 heavy (non-hydrogen) atoms. The Kier molecular flexibility index (Phi) is 5.37. The summed E-state index contributed by atoms with van der Waals surface area (Å²) in [6.07, 6.45) is 11.3. The second-order valence-corrected chi connectivity index (χ2v) is 13.4. The summed E-state index contributed by atoms with van der Waals surface area (Å²) in [5.74, 6) is 0. The van der Waals surface area contributed by atoms with Crippen molar-refractivity contribution in [2.24, 2.45) is 10.8 Å². The smallest absolute Gasteiger partial charge is 0.0154 e. The second kappa shape index (κ2) is 7.43. The van der Waals surface area contributed by atoms with E-state index in [2.05, 4.69) is 54.3 Å². The van der Waals surface area contributed by atoms with Crippen LogP contribution in [0.15, 0.2) is 0 Å². The van der Waals surface area contributed by atoms with E-state index in [0.717, 1.165) is 6.04 Å². The minimum absolute atomic E-state index is 0.351. The van der Waals surface area contributed by atoms with Crippen molar-refractivity contribution in [2.45, 2.75) is 96.2 Å². The van der Waals surface area contributed by atoms with Crippen LogP contribution in [0, 0.1) is 10.8 Å². The first-order valence-corrected chi connectivity index (χ1v) is 13.0. The Bertz CT molecular complexity index is 605. The highest BCUT2D eigenvalue weighted by molar-refractivity contribution is 5.06. The summed E-state index contributed by atoms with van der Waals surface area (Å²) in [5, 5.41) is 0. The van der Waals surface area contributed by atoms with Gasteiger partial charge < -0.3 is 9.80 Å². The van der Waals surface area contributed by atoms with Crippen LogP contribution in [-0.4, -0.2) is 96.1 Å². The fourth-order valence-corrected chi connectivity index (χ4v) is 6.84. The van der Waals surface area contributed by atoms with Crippen molar-refractivity contribution in [2.75, 3.05) is 59.4 Å². The Morgan fingerprint density at radius 2 is 1.07 bits per heavy atom. The van der Waals surface area contributed by atoms with Crippen LogP contribution in [0.4, 0.5) is 0 Å². The Morgan fingerprint density at radius 3 is 1.47 bits per heavy atom. The molecular weight excluding hydrogens is 368 g/mol. The summed E-state index contributed by atoms with van der Waals surface area (Å²) < 4.78 is 0. The van der Waals surface area contributed by atoms with Crippen LogP contribution < -0.4 is 0 Å². The van der Waals surface area contributed by atoms with Gasteiger partial charge in [-0.1, -0.05) is 0 Å². The first-order chi connectivity index (χ1) is 14.1. The number of hydrogen-bond donors (Lipinski definition) is 0. The van der Waals surface area contributed by atoms with Crippen molar-refractivity contribution >= 4 is 0 Å². The highest BCUT2D eigenvalue weighted by Crippen LogP contribution is 2.48. The first kappa shape index (κ1) is 21.7. The van der Waals surface area contributed by atoms with E-state index in [1.54, 1.807) is 0 Å². The van der Waals surface area contributed by atoms with Gasteiger partial charge in [0.05, 0.1) is 0 Å². The molecule has 5 fully saturated rings. The molecule has 4 nitrogen and oxygen atoms in total. The van der Waals surface area contributed by atoms with Crippen molar-refractivity contribution < 1.29 is 0 Å². The van der Waals surface area contributed by atoms with Crippen LogP contribution in [0.25, 0.3) is 0 Å². The highest BCUT2D eigenvalue weighted by atomic mass is 15.3. The highest BCUT2D eigenvalue weighted by Gasteiger charge is 2.52. The summed E-state index contributed by atoms with van der Waals surface area (Å²) in [6, 6.07) is 0.965. The predicted molar refractivity (Wildman–Crippen MR) is 126 cm³/mol. The van der Waals surface area contributed by atoms with Crippen molar-refractivity contribution in [3.63, 3.8) is 0 Å². The molecule has 0 aromatic heterocycles. The fraction of sp³-hybridized carbons (Fsp3) is 1.00. The molecule has 0 atom stereocenters. The lowest BCUT2D eigenvalue weighted by Crippen LogP contribution is -2.67. The predicted octanol–water partition coefficient (Wildman–Crippen LogP) is 3.91. The van der Waals surface area contributed by atoms with Gasteiger partial charge in [0, 0.05) is 43.3 Å². The van der Waals surface area contributed by atoms with E-state index in [9.17, 15) is 0 Å². The van der Waals surface area contributed by atoms with Crippen molar-refractivity contribution in [1.82, 2.24) is 19.6 Å². The molecule has 1 saturated carbocycles. The number of rotatable bonds is 6. The van der Waals surface area contributed by atoms with Gasteiger partial charge in [0.1, 0.15) is 0 Å². The quantitative estimate of drug-likeness (QED) is 0.651. The fourth-order valence-electron chi connectivity index (χ4n) is 6.84. The van der Waals surface area contributed by atoms with Gasteiger partial charge in [0.2, 0.25) is 0 Å². The normalized spacial score (nSPS) is 31.1. The number of hydrogen-bond acceptors (Lipinski definition) is 4. The average Bonchev–Trinajstić information content (AvgIpc) is 3.49. The molecule has 0 radical (unpaired) electrons. The molecule has 4 saturated heterocycles. The lowest BCUT2D eigenvalue weighted by Gasteiger charge is -2.61. The molecule has 0 N–H and O–H groups in total. The lowest BCUT2D eigenvalue weighted by molar-refractivity contribution is -0.114. The standard InChI is InChI=1S/C26H48N4/c1-23(2,29-18-25(19-29)10-14-27(5)15-11-25)8-9-24(3,4)30-20-26(21-30)12-16-28(17-13-26)22-6-7-22/h22H,6-21H2,1-5H3. The van der Waals surface area contributed by atoms with Gasteiger partial charge >= 0.3 is 0 Å². The van der Waals surface area contributed by atoms with Gasteiger partial charge in [0.15, 0.2) is 0 Å². The summed E-state index contributed by atoms with van der Waals surface area (Å²) in [6.45, 7) is 20.8. The molecule has 0 aromatic rings. The molecule has 0 bridgehead atoms. The van der Waals surface area contributed by atoms with E-state index in [1.807, 2.05) is 0 Å². The molecule has 1 aliphatic carbocycles. The van der Waals surface area contributed by atoms with Crippen LogP contribution in [0.5, 0.6) is 0 Å². The first-order valence-electron chi connectivity index (χ1n) is 13.0. The van der Waals surface area contributed by atoms with Crippen LogP contribution in [0.3, 0.4) is 0 Å². The molecule has 0 amide bonds. The van der Waals surface area contributed by atoms with Crippen LogP contribution >= 0.6 is 0 Å². The minimum Gasteiger partial charge on any atom is -0.306 e. The van der Waals surface area contributed by atoms with Gasteiger partial charge in [0.25, 0.3) is 0 Å². The van der Waals surface area contributed by atoms with Crippen LogP contribution in [0.2, 0.25) is 0 Å². The topological polar surface area (TPSA) is 13.0 Å². The van der Waals surface area contributed by atoms with E-state index in [0.29, 0.717) is 21.9 Å². The molecule has 4 aliphatic heterocycles. The van der Waals surface area contributed by atoms with E-state index in [-0.39, 0.29) is 0 Å². The average molecular weight is 417 g/mol. The van der Waals surface area contributed by atoms with Gasteiger partial charge in [-0.3, -0.25) is 9.80 Å². The minimum atomic E-state index is 0.351. The van der Waals surface area contributed by atoms with E-state index < -0.39 is 0 Å². The molecule has 4 heteroatoms. The van der Waals surface area contributed by atoms with E-state index in [4.69, 9.17) is 0 Å². The van der Waals surface area contributed by atoms with Crippen molar-refractivity contribution in [3.05, 3.63) is 0 Å². The maximum atomic E-state index is 2.82. The maximum absolute atomic E-state index is 2.82. The zero-order valence-corrected chi connectivity index (χ0v) is 20.7. The number of piperidine rings is 2. The lowest BCUT2D eigenvalue weighted by atomic mass is 9.68. The maximum Gasteiger partial charge on any atom is 0.0154 e. The monoisotopic (exact) mass is 416 g/mol. The Hall–Kier alpha value is -0.160. The van der Waals surface area contributed by atoms with Gasteiger partial charge in [-0.25, -0.2) is 0 Å². The van der Waals surface area contributed by atoms with Crippen molar-refractivity contribution in [1.29, 1.82) is 0 Å². The Balaban J connectivity index is 1.07. The van der Waals surface area contributed by atoms with E-state index in [1.165, 1.54) is 104 Å². The molecule has 4 heterocycles. The van der Waals surface area contributed by atoms with Crippen LogP contribution in [0.1, 0.15) is 79.1 Å². The molecule has 5 aliphatic rings. The number of nitrogens with zero attached hydrogens (tertiary/aromatic N) is 4. The van der Waals surface area contributed by atoms with Crippen LogP contribution in [-0.2, 0) is 0 Å². The zero-order valence-electron chi connectivity index (χ0n) is 20.7. The van der Waals surface area contributed by atoms with Gasteiger partial charge in [-0.15, -0.1) is 0 Å². The summed E-state index contributed by atoms with van der Waals surface area (Å²) >= 11 is 0. The Labute approximate surface area is 186 Å². The molecule has 0 aromatic carbocycles. The summed E-state index contributed by atoms with van der Waals surface area (Å²) in [4.78, 5) is 10.9. The molecular formula is C26H48N4. The third-order valence-electron chi connectivity index (χ3n) is 10.1. The zero-order chi connectivity index (χ0) is 21.2. The SMILES string of the molecule is CN1CCC2(CC1)CN(C(C)(C)CCC(C)(C)N1CC3(CCN(C4CC4)CC3)C1)C2. The third-order valence-corrected chi connectivity index (χ3v) is 10.1. The molecule has 5 rings (SSSR count).